The van der Waals surface area contributed by atoms with E-state index in [1.165, 1.54) is 18.4 Å². The van der Waals surface area contributed by atoms with Crippen LogP contribution in [0.25, 0.3) is 0 Å². The van der Waals surface area contributed by atoms with Crippen molar-refractivity contribution in [3.05, 3.63) is 11.4 Å². The van der Waals surface area contributed by atoms with E-state index in [1.807, 2.05) is 13.8 Å². The highest BCUT2D eigenvalue weighted by atomic mass is 32.2. The minimum Gasteiger partial charge on any atom is -0.383 e. The lowest BCUT2D eigenvalue weighted by molar-refractivity contribution is 0.521. The van der Waals surface area contributed by atoms with E-state index in [9.17, 15) is 8.42 Å². The number of anilines is 2. The maximum Gasteiger partial charge on any atom is 0.215 e. The van der Waals surface area contributed by atoms with Gasteiger partial charge < -0.3 is 11.1 Å². The van der Waals surface area contributed by atoms with E-state index < -0.39 is 10.0 Å². The molecule has 0 aliphatic rings. The highest BCUT2D eigenvalue weighted by Gasteiger charge is 2.14. The number of aromatic nitrogens is 2. The van der Waals surface area contributed by atoms with Gasteiger partial charge in [-0.1, -0.05) is 6.92 Å². The molecule has 1 rings (SSSR count). The van der Waals surface area contributed by atoms with E-state index in [2.05, 4.69) is 15.3 Å². The predicted molar refractivity (Wildman–Crippen MR) is 81.1 cm³/mol. The zero-order valence-electron chi connectivity index (χ0n) is 12.5. The molecule has 0 unspecified atom stereocenters. The van der Waals surface area contributed by atoms with Gasteiger partial charge in [-0.15, -0.1) is 0 Å². The van der Waals surface area contributed by atoms with Crippen molar-refractivity contribution < 1.29 is 8.42 Å². The van der Waals surface area contributed by atoms with Crippen LogP contribution < -0.4 is 11.1 Å². The first kappa shape index (κ1) is 16.6. The lowest BCUT2D eigenvalue weighted by Gasteiger charge is -2.14. The molecule has 3 N–H and O–H groups in total. The third-order valence-corrected chi connectivity index (χ3v) is 4.74. The molecule has 7 nitrogen and oxygen atoms in total. The fourth-order valence-electron chi connectivity index (χ4n) is 1.57. The Hall–Kier alpha value is -1.41. The van der Waals surface area contributed by atoms with Crippen LogP contribution in [0, 0.1) is 6.92 Å². The molecule has 20 heavy (non-hydrogen) atoms. The molecule has 0 amide bonds. The van der Waals surface area contributed by atoms with Crippen LogP contribution in [0.5, 0.6) is 0 Å². The molecule has 0 spiro atoms. The summed E-state index contributed by atoms with van der Waals surface area (Å²) in [6.45, 7) is 4.13. The quantitative estimate of drug-likeness (QED) is 0.765. The van der Waals surface area contributed by atoms with Crippen molar-refractivity contribution in [2.45, 2.75) is 26.7 Å². The summed E-state index contributed by atoms with van der Waals surface area (Å²) in [6.07, 6.45) is 1.67. The molecule has 8 heteroatoms. The van der Waals surface area contributed by atoms with Crippen LogP contribution in [0.3, 0.4) is 0 Å². The van der Waals surface area contributed by atoms with Crippen LogP contribution in [0.2, 0.25) is 0 Å². The van der Waals surface area contributed by atoms with Gasteiger partial charge in [-0.05, 0) is 13.3 Å². The lowest BCUT2D eigenvalue weighted by Crippen LogP contribution is -2.28. The number of aryl methyl sites for hydroxylation is 1. The summed E-state index contributed by atoms with van der Waals surface area (Å²) in [5.74, 6) is 1.72. The van der Waals surface area contributed by atoms with Gasteiger partial charge in [0, 0.05) is 32.6 Å². The number of hydrogen-bond donors (Lipinski definition) is 2. The summed E-state index contributed by atoms with van der Waals surface area (Å²) in [7, 11) is -0.183. The average molecular weight is 301 g/mol. The number of nitrogens with zero attached hydrogens (tertiary/aromatic N) is 3. The Morgan fingerprint density at radius 3 is 2.50 bits per heavy atom. The van der Waals surface area contributed by atoms with Gasteiger partial charge in [0.2, 0.25) is 10.0 Å². The molecular formula is C12H23N5O2S. The topological polar surface area (TPSA) is 101 Å². The van der Waals surface area contributed by atoms with E-state index in [4.69, 9.17) is 5.73 Å². The molecule has 114 valence electrons. The Bertz CT molecular complexity index is 557. The Morgan fingerprint density at radius 1 is 1.30 bits per heavy atom. The normalized spacial score (nSPS) is 11.8. The third-order valence-electron chi connectivity index (χ3n) is 2.91. The van der Waals surface area contributed by atoms with Crippen molar-refractivity contribution in [3.8, 4) is 0 Å². The molecule has 1 aromatic heterocycles. The van der Waals surface area contributed by atoms with Crippen molar-refractivity contribution in [2.75, 3.05) is 37.4 Å². The number of sulfonamides is 1. The fraction of sp³-hybridized carbons (Fsp3) is 0.667. The molecule has 0 saturated heterocycles. The van der Waals surface area contributed by atoms with Crippen LogP contribution in [0.4, 0.5) is 11.6 Å². The molecule has 1 aromatic rings. The Labute approximate surface area is 120 Å². The van der Waals surface area contributed by atoms with E-state index in [-0.39, 0.29) is 12.3 Å². The number of nitrogens with two attached hydrogens (primary N) is 1. The van der Waals surface area contributed by atoms with Crippen LogP contribution in [0.1, 0.15) is 24.7 Å². The standard InChI is InChI=1S/C12H23N5O2S/c1-5-6-10-15-11(13)9(2)12(16-10)14-7-8-20(18,19)17(3)4/h5-8H2,1-4H3,(H3,13,14,15,16). The fourth-order valence-corrected chi connectivity index (χ4v) is 2.30. The van der Waals surface area contributed by atoms with Crippen molar-refractivity contribution in [3.63, 3.8) is 0 Å². The molecule has 0 bridgehead atoms. The second kappa shape index (κ2) is 6.85. The molecule has 0 saturated carbocycles. The first-order valence-corrected chi connectivity index (χ1v) is 8.16. The van der Waals surface area contributed by atoms with Gasteiger partial charge in [-0.3, -0.25) is 0 Å². The largest absolute Gasteiger partial charge is 0.383 e. The molecule has 0 aliphatic carbocycles. The average Bonchev–Trinajstić information content (AvgIpc) is 2.35. The summed E-state index contributed by atoms with van der Waals surface area (Å²) in [6, 6.07) is 0. The maximum absolute atomic E-state index is 11.7. The highest BCUT2D eigenvalue weighted by Crippen LogP contribution is 2.17. The highest BCUT2D eigenvalue weighted by molar-refractivity contribution is 7.89. The summed E-state index contributed by atoms with van der Waals surface area (Å²) >= 11 is 0. The summed E-state index contributed by atoms with van der Waals surface area (Å²) in [4.78, 5) is 8.58. The number of nitrogen functional groups attached to an aromatic ring is 1. The van der Waals surface area contributed by atoms with Crippen LogP contribution in [0.15, 0.2) is 0 Å². The van der Waals surface area contributed by atoms with Crippen LogP contribution in [-0.2, 0) is 16.4 Å². The van der Waals surface area contributed by atoms with E-state index in [0.717, 1.165) is 18.4 Å². The van der Waals surface area contributed by atoms with Crippen LogP contribution >= 0.6 is 0 Å². The smallest absolute Gasteiger partial charge is 0.215 e. The summed E-state index contributed by atoms with van der Waals surface area (Å²) in [5.41, 5.74) is 6.58. The van der Waals surface area contributed by atoms with E-state index >= 15 is 0 Å². The zero-order valence-corrected chi connectivity index (χ0v) is 13.3. The molecular weight excluding hydrogens is 278 g/mol. The molecule has 0 aromatic carbocycles. The number of rotatable bonds is 7. The second-order valence-corrected chi connectivity index (χ2v) is 7.08. The van der Waals surface area contributed by atoms with E-state index in [1.54, 1.807) is 0 Å². The van der Waals surface area contributed by atoms with Crippen molar-refractivity contribution in [1.82, 2.24) is 14.3 Å². The molecule has 0 fully saturated rings. The van der Waals surface area contributed by atoms with E-state index in [0.29, 0.717) is 17.5 Å². The zero-order chi connectivity index (χ0) is 15.3. The number of nitrogens with one attached hydrogen (secondary N) is 1. The molecule has 0 atom stereocenters. The SMILES string of the molecule is CCCc1nc(N)c(C)c(NCCS(=O)(=O)N(C)C)n1. The molecule has 1 heterocycles. The van der Waals surface area contributed by atoms with Gasteiger partial charge in [0.15, 0.2) is 0 Å². The monoisotopic (exact) mass is 301 g/mol. The van der Waals surface area contributed by atoms with Crippen LogP contribution in [-0.4, -0.2) is 49.1 Å². The van der Waals surface area contributed by atoms with Crippen molar-refractivity contribution in [1.29, 1.82) is 0 Å². The molecule has 0 radical (unpaired) electrons. The van der Waals surface area contributed by atoms with Gasteiger partial charge >= 0.3 is 0 Å². The lowest BCUT2D eigenvalue weighted by atomic mass is 10.2. The summed E-state index contributed by atoms with van der Waals surface area (Å²) in [5, 5.41) is 3.03. The first-order chi connectivity index (χ1) is 9.27. The Kier molecular flexibility index (Phi) is 5.70. The minimum atomic E-state index is -3.22. The third kappa shape index (κ3) is 4.31. The van der Waals surface area contributed by atoms with Gasteiger partial charge in [-0.2, -0.15) is 0 Å². The first-order valence-electron chi connectivity index (χ1n) is 6.55. The van der Waals surface area contributed by atoms with Gasteiger partial charge in [0.05, 0.1) is 5.75 Å². The maximum atomic E-state index is 11.7. The molecule has 0 aliphatic heterocycles. The Balaban J connectivity index is 2.77. The van der Waals surface area contributed by atoms with Crippen molar-refractivity contribution >= 4 is 21.7 Å². The Morgan fingerprint density at radius 2 is 1.95 bits per heavy atom. The van der Waals surface area contributed by atoms with Crippen molar-refractivity contribution in [2.24, 2.45) is 0 Å². The summed E-state index contributed by atoms with van der Waals surface area (Å²) < 4.78 is 24.5. The minimum absolute atomic E-state index is 0.00641. The number of hydrogen-bond acceptors (Lipinski definition) is 6. The van der Waals surface area contributed by atoms with Gasteiger partial charge in [-0.25, -0.2) is 22.7 Å². The predicted octanol–water partition coefficient (Wildman–Crippen LogP) is 0.623. The van der Waals surface area contributed by atoms with Gasteiger partial charge in [0.25, 0.3) is 0 Å². The second-order valence-electron chi connectivity index (χ2n) is 4.77. The van der Waals surface area contributed by atoms with Gasteiger partial charge in [0.1, 0.15) is 17.5 Å².